The number of hydrogen-bond acceptors (Lipinski definition) is 4. The second-order valence-electron chi connectivity index (χ2n) is 7.05. The Bertz CT molecular complexity index is 749. The van der Waals surface area contributed by atoms with Crippen molar-refractivity contribution < 1.29 is 4.74 Å². The van der Waals surface area contributed by atoms with Gasteiger partial charge in [-0.3, -0.25) is 9.58 Å². The molecule has 0 amide bonds. The highest BCUT2D eigenvalue weighted by atomic mass is 16.5. The predicted octanol–water partition coefficient (Wildman–Crippen LogP) is 2.32. The molecule has 2 heterocycles. The first-order valence-corrected chi connectivity index (χ1v) is 10.1. The summed E-state index contributed by atoms with van der Waals surface area (Å²) < 4.78 is 7.17. The Labute approximate surface area is 167 Å². The standard InChI is InChI=1S/C21H32N6O/c1-4-22-21(23-15-18-11-12-25-26(18)2)24-16-20(27-13-5-6-14-27)17-7-9-19(28-3)10-8-17/h7-12,20H,4-6,13-16H2,1-3H3,(H2,22,23,24). The number of aliphatic imine (C=N–C) groups is 1. The zero-order chi connectivity index (χ0) is 19.8. The van der Waals surface area contributed by atoms with Gasteiger partial charge in [0.1, 0.15) is 5.75 Å². The van der Waals surface area contributed by atoms with Gasteiger partial charge in [0.25, 0.3) is 0 Å². The molecule has 0 spiro atoms. The monoisotopic (exact) mass is 384 g/mol. The van der Waals surface area contributed by atoms with Crippen molar-refractivity contribution in [1.29, 1.82) is 0 Å². The van der Waals surface area contributed by atoms with E-state index in [9.17, 15) is 0 Å². The number of nitrogens with one attached hydrogen (secondary N) is 2. The number of ether oxygens (including phenoxy) is 1. The fourth-order valence-corrected chi connectivity index (χ4v) is 3.59. The Hall–Kier alpha value is -2.54. The molecular weight excluding hydrogens is 352 g/mol. The average molecular weight is 385 g/mol. The Morgan fingerprint density at radius 2 is 1.93 bits per heavy atom. The number of benzene rings is 1. The highest BCUT2D eigenvalue weighted by Gasteiger charge is 2.23. The van der Waals surface area contributed by atoms with Crippen molar-refractivity contribution >= 4 is 5.96 Å². The van der Waals surface area contributed by atoms with E-state index in [0.29, 0.717) is 12.6 Å². The van der Waals surface area contributed by atoms with E-state index in [1.807, 2.05) is 29.9 Å². The van der Waals surface area contributed by atoms with E-state index >= 15 is 0 Å². The first kappa shape index (κ1) is 20.2. The van der Waals surface area contributed by atoms with Crippen molar-refractivity contribution in [1.82, 2.24) is 25.3 Å². The molecule has 2 aromatic rings. The molecule has 1 aliphatic rings. The van der Waals surface area contributed by atoms with Crippen LogP contribution in [0.15, 0.2) is 41.5 Å². The molecule has 1 saturated heterocycles. The van der Waals surface area contributed by atoms with Crippen LogP contribution in [0.25, 0.3) is 0 Å². The van der Waals surface area contributed by atoms with Gasteiger partial charge in [0.15, 0.2) is 5.96 Å². The molecule has 28 heavy (non-hydrogen) atoms. The molecule has 3 rings (SSSR count). The molecule has 7 nitrogen and oxygen atoms in total. The third-order valence-corrected chi connectivity index (χ3v) is 5.21. The minimum absolute atomic E-state index is 0.314. The summed E-state index contributed by atoms with van der Waals surface area (Å²) >= 11 is 0. The van der Waals surface area contributed by atoms with Crippen molar-refractivity contribution in [2.75, 3.05) is 33.3 Å². The molecule has 152 valence electrons. The largest absolute Gasteiger partial charge is 0.497 e. The molecule has 0 aliphatic carbocycles. The number of likely N-dealkylation sites (tertiary alicyclic amines) is 1. The summed E-state index contributed by atoms with van der Waals surface area (Å²) in [5, 5.41) is 11.1. The lowest BCUT2D eigenvalue weighted by molar-refractivity contribution is 0.245. The Kier molecular flexibility index (Phi) is 7.31. The zero-order valence-corrected chi connectivity index (χ0v) is 17.2. The quantitative estimate of drug-likeness (QED) is 0.540. The van der Waals surface area contributed by atoms with Gasteiger partial charge >= 0.3 is 0 Å². The van der Waals surface area contributed by atoms with E-state index in [1.165, 1.54) is 18.4 Å². The lowest BCUT2D eigenvalue weighted by atomic mass is 10.1. The van der Waals surface area contributed by atoms with Crippen molar-refractivity contribution in [2.24, 2.45) is 12.0 Å². The Morgan fingerprint density at radius 3 is 2.54 bits per heavy atom. The van der Waals surface area contributed by atoms with Gasteiger partial charge in [-0.2, -0.15) is 5.10 Å². The highest BCUT2D eigenvalue weighted by Crippen LogP contribution is 2.26. The summed E-state index contributed by atoms with van der Waals surface area (Å²) in [6.07, 6.45) is 4.33. The first-order valence-electron chi connectivity index (χ1n) is 10.1. The number of hydrogen-bond donors (Lipinski definition) is 2. The van der Waals surface area contributed by atoms with E-state index in [2.05, 4.69) is 39.7 Å². The second kappa shape index (κ2) is 10.1. The van der Waals surface area contributed by atoms with Crippen LogP contribution in [0.5, 0.6) is 5.75 Å². The molecule has 2 N–H and O–H groups in total. The smallest absolute Gasteiger partial charge is 0.191 e. The van der Waals surface area contributed by atoms with Gasteiger partial charge in [-0.05, 0) is 56.6 Å². The topological polar surface area (TPSA) is 66.7 Å². The van der Waals surface area contributed by atoms with Crippen LogP contribution in [0.4, 0.5) is 0 Å². The number of methoxy groups -OCH3 is 1. The number of aryl methyl sites for hydroxylation is 1. The van der Waals surface area contributed by atoms with E-state index in [-0.39, 0.29) is 0 Å². The molecule has 1 aromatic heterocycles. The van der Waals surface area contributed by atoms with Crippen LogP contribution in [0.1, 0.15) is 37.1 Å². The number of aromatic nitrogens is 2. The van der Waals surface area contributed by atoms with Gasteiger partial charge in [-0.25, -0.2) is 4.99 Å². The average Bonchev–Trinajstić information content (AvgIpc) is 3.39. The second-order valence-corrected chi connectivity index (χ2v) is 7.05. The molecule has 1 aromatic carbocycles. The van der Waals surface area contributed by atoms with Crippen LogP contribution in [0.3, 0.4) is 0 Å². The van der Waals surface area contributed by atoms with E-state index in [0.717, 1.165) is 43.6 Å². The molecular formula is C21H32N6O. The molecule has 0 radical (unpaired) electrons. The van der Waals surface area contributed by atoms with Crippen LogP contribution >= 0.6 is 0 Å². The summed E-state index contributed by atoms with van der Waals surface area (Å²) in [5.74, 6) is 1.73. The number of nitrogens with zero attached hydrogens (tertiary/aromatic N) is 4. The molecule has 0 saturated carbocycles. The summed E-state index contributed by atoms with van der Waals surface area (Å²) in [7, 11) is 3.65. The van der Waals surface area contributed by atoms with Crippen LogP contribution in [-0.2, 0) is 13.6 Å². The highest BCUT2D eigenvalue weighted by molar-refractivity contribution is 5.79. The van der Waals surface area contributed by atoms with Crippen LogP contribution in [0.2, 0.25) is 0 Å². The molecule has 7 heteroatoms. The maximum absolute atomic E-state index is 5.32. The Morgan fingerprint density at radius 1 is 1.18 bits per heavy atom. The van der Waals surface area contributed by atoms with Crippen molar-refractivity contribution in [3.05, 3.63) is 47.8 Å². The van der Waals surface area contributed by atoms with Crippen LogP contribution < -0.4 is 15.4 Å². The summed E-state index contributed by atoms with van der Waals surface area (Å²) in [4.78, 5) is 7.29. The van der Waals surface area contributed by atoms with Crippen molar-refractivity contribution in [3.8, 4) is 5.75 Å². The third kappa shape index (κ3) is 5.25. The maximum atomic E-state index is 5.32. The van der Waals surface area contributed by atoms with E-state index in [1.54, 1.807) is 13.3 Å². The van der Waals surface area contributed by atoms with Crippen LogP contribution in [-0.4, -0.2) is 53.9 Å². The SMILES string of the molecule is CCNC(=NCc1ccnn1C)NCC(c1ccc(OC)cc1)N1CCCC1. The minimum atomic E-state index is 0.314. The van der Waals surface area contributed by atoms with Gasteiger partial charge in [0, 0.05) is 26.3 Å². The predicted molar refractivity (Wildman–Crippen MR) is 113 cm³/mol. The van der Waals surface area contributed by atoms with Gasteiger partial charge < -0.3 is 15.4 Å². The molecule has 0 bridgehead atoms. The Balaban J connectivity index is 1.69. The van der Waals surface area contributed by atoms with Gasteiger partial charge in [0.2, 0.25) is 0 Å². The third-order valence-electron chi connectivity index (χ3n) is 5.21. The van der Waals surface area contributed by atoms with E-state index < -0.39 is 0 Å². The molecule has 1 fully saturated rings. The van der Waals surface area contributed by atoms with Gasteiger partial charge in [0.05, 0.1) is 25.4 Å². The molecule has 1 atom stereocenters. The zero-order valence-electron chi connectivity index (χ0n) is 17.2. The fourth-order valence-electron chi connectivity index (χ4n) is 3.59. The molecule has 1 unspecified atom stereocenters. The molecule has 1 aliphatic heterocycles. The first-order chi connectivity index (χ1) is 13.7. The van der Waals surface area contributed by atoms with Gasteiger partial charge in [-0.15, -0.1) is 0 Å². The minimum Gasteiger partial charge on any atom is -0.497 e. The lowest BCUT2D eigenvalue weighted by Crippen LogP contribution is -2.42. The summed E-state index contributed by atoms with van der Waals surface area (Å²) in [6.45, 7) is 6.60. The fraction of sp³-hybridized carbons (Fsp3) is 0.524. The van der Waals surface area contributed by atoms with E-state index in [4.69, 9.17) is 9.73 Å². The summed E-state index contributed by atoms with van der Waals surface area (Å²) in [5.41, 5.74) is 2.39. The van der Waals surface area contributed by atoms with Crippen molar-refractivity contribution in [3.63, 3.8) is 0 Å². The van der Waals surface area contributed by atoms with Gasteiger partial charge in [-0.1, -0.05) is 12.1 Å². The lowest BCUT2D eigenvalue weighted by Gasteiger charge is -2.29. The van der Waals surface area contributed by atoms with Crippen molar-refractivity contribution in [2.45, 2.75) is 32.4 Å². The number of rotatable bonds is 8. The van der Waals surface area contributed by atoms with Crippen LogP contribution in [0, 0.1) is 0 Å². The number of guanidine groups is 1. The maximum Gasteiger partial charge on any atom is 0.191 e. The summed E-state index contributed by atoms with van der Waals surface area (Å²) in [6, 6.07) is 10.7. The normalized spacial score (nSPS) is 16.2.